The highest BCUT2D eigenvalue weighted by molar-refractivity contribution is 9.10. The van der Waals surface area contributed by atoms with Gasteiger partial charge in [0.05, 0.1) is 30.3 Å². The van der Waals surface area contributed by atoms with E-state index in [0.29, 0.717) is 6.61 Å². The quantitative estimate of drug-likeness (QED) is 0.719. The van der Waals surface area contributed by atoms with Crippen LogP contribution in [0.1, 0.15) is 43.5 Å². The zero-order valence-corrected chi connectivity index (χ0v) is 17.4. The number of rotatable bonds is 6. The molecule has 1 heterocycles. The van der Waals surface area contributed by atoms with Gasteiger partial charge in [-0.15, -0.1) is 0 Å². The molecule has 2 aromatic carbocycles. The van der Waals surface area contributed by atoms with Gasteiger partial charge in [0, 0.05) is 18.0 Å². The van der Waals surface area contributed by atoms with Gasteiger partial charge in [0.1, 0.15) is 11.5 Å². The Hall–Kier alpha value is -2.05. The molecule has 0 aliphatic carbocycles. The van der Waals surface area contributed by atoms with Crippen molar-refractivity contribution in [2.45, 2.75) is 38.4 Å². The summed E-state index contributed by atoms with van der Waals surface area (Å²) >= 11 is 3.51. The lowest BCUT2D eigenvalue weighted by Gasteiger charge is -2.28. The van der Waals surface area contributed by atoms with Crippen molar-refractivity contribution in [3.63, 3.8) is 0 Å². The number of carbonyl (C=O) groups excluding carboxylic acids is 1. The fourth-order valence-corrected chi connectivity index (χ4v) is 3.85. The summed E-state index contributed by atoms with van der Waals surface area (Å²) in [6.07, 6.45) is 0.774. The SMILES string of the molecule is COc1ccc(C(C)NC(C)C(=O)NC2CCOc3ccccc32)cc1Br. The molecule has 5 nitrogen and oxygen atoms in total. The van der Waals surface area contributed by atoms with Gasteiger partial charge in [0.2, 0.25) is 5.91 Å². The Morgan fingerprint density at radius 3 is 2.78 bits per heavy atom. The van der Waals surface area contributed by atoms with Crippen molar-refractivity contribution in [2.24, 2.45) is 0 Å². The van der Waals surface area contributed by atoms with Crippen LogP contribution in [-0.4, -0.2) is 25.7 Å². The van der Waals surface area contributed by atoms with Crippen molar-refractivity contribution in [1.82, 2.24) is 10.6 Å². The van der Waals surface area contributed by atoms with Gasteiger partial charge in [-0.3, -0.25) is 10.1 Å². The zero-order valence-electron chi connectivity index (χ0n) is 15.8. The second kappa shape index (κ2) is 8.76. The van der Waals surface area contributed by atoms with Gasteiger partial charge in [0.25, 0.3) is 0 Å². The van der Waals surface area contributed by atoms with Gasteiger partial charge in [-0.2, -0.15) is 0 Å². The minimum atomic E-state index is -0.323. The minimum absolute atomic E-state index is 0.0165. The van der Waals surface area contributed by atoms with Crippen molar-refractivity contribution in [1.29, 1.82) is 0 Å². The topological polar surface area (TPSA) is 59.6 Å². The van der Waals surface area contributed by atoms with Crippen LogP contribution in [0.25, 0.3) is 0 Å². The van der Waals surface area contributed by atoms with E-state index in [1.165, 1.54) is 0 Å². The second-order valence-electron chi connectivity index (χ2n) is 6.74. The van der Waals surface area contributed by atoms with Crippen LogP contribution in [0.3, 0.4) is 0 Å². The van der Waals surface area contributed by atoms with E-state index in [0.717, 1.165) is 33.5 Å². The lowest BCUT2D eigenvalue weighted by atomic mass is 10.00. The van der Waals surface area contributed by atoms with Gasteiger partial charge in [-0.1, -0.05) is 24.3 Å². The molecular formula is C21H25BrN2O3. The van der Waals surface area contributed by atoms with Crippen LogP contribution in [0.2, 0.25) is 0 Å². The Kier molecular flexibility index (Phi) is 6.39. The third-order valence-corrected chi connectivity index (χ3v) is 5.46. The molecule has 1 aliphatic heterocycles. The number of halogens is 1. The maximum Gasteiger partial charge on any atom is 0.237 e. The van der Waals surface area contributed by atoms with Crippen LogP contribution in [-0.2, 0) is 4.79 Å². The van der Waals surface area contributed by atoms with Crippen molar-refractivity contribution >= 4 is 21.8 Å². The molecule has 0 aromatic heterocycles. The fraction of sp³-hybridized carbons (Fsp3) is 0.381. The van der Waals surface area contributed by atoms with Gasteiger partial charge in [-0.05, 0) is 53.5 Å². The molecule has 3 rings (SSSR count). The van der Waals surface area contributed by atoms with Crippen molar-refractivity contribution < 1.29 is 14.3 Å². The van der Waals surface area contributed by atoms with E-state index in [1.807, 2.05) is 56.3 Å². The number of hydrogen-bond acceptors (Lipinski definition) is 4. The first-order valence-electron chi connectivity index (χ1n) is 9.11. The first-order valence-corrected chi connectivity index (χ1v) is 9.90. The van der Waals surface area contributed by atoms with Crippen LogP contribution < -0.4 is 20.1 Å². The van der Waals surface area contributed by atoms with E-state index in [2.05, 4.69) is 26.6 Å². The predicted octanol–water partition coefficient (Wildman–Crippen LogP) is 4.14. The van der Waals surface area contributed by atoms with Gasteiger partial charge in [-0.25, -0.2) is 0 Å². The Labute approximate surface area is 168 Å². The number of para-hydroxylation sites is 1. The second-order valence-corrected chi connectivity index (χ2v) is 7.59. The molecule has 0 bridgehead atoms. The lowest BCUT2D eigenvalue weighted by molar-refractivity contribution is -0.123. The monoisotopic (exact) mass is 432 g/mol. The number of amides is 1. The van der Waals surface area contributed by atoms with E-state index in [1.54, 1.807) is 7.11 Å². The van der Waals surface area contributed by atoms with E-state index >= 15 is 0 Å². The number of nitrogens with one attached hydrogen (secondary N) is 2. The van der Waals surface area contributed by atoms with Crippen LogP contribution in [0.4, 0.5) is 0 Å². The number of hydrogen-bond donors (Lipinski definition) is 2. The van der Waals surface area contributed by atoms with E-state index < -0.39 is 0 Å². The smallest absolute Gasteiger partial charge is 0.237 e. The van der Waals surface area contributed by atoms with Gasteiger partial charge in [0.15, 0.2) is 0 Å². The summed E-state index contributed by atoms with van der Waals surface area (Å²) in [5.74, 6) is 1.62. The van der Waals surface area contributed by atoms with Crippen LogP contribution in [0.15, 0.2) is 46.9 Å². The summed E-state index contributed by atoms with van der Waals surface area (Å²) in [7, 11) is 1.64. The molecule has 27 heavy (non-hydrogen) atoms. The number of ether oxygens (including phenoxy) is 2. The van der Waals surface area contributed by atoms with E-state index in [-0.39, 0.29) is 24.0 Å². The molecule has 144 valence electrons. The summed E-state index contributed by atoms with van der Waals surface area (Å²) < 4.78 is 11.8. The average molecular weight is 433 g/mol. The first kappa shape index (κ1) is 19.7. The standard InChI is InChI=1S/C21H25BrN2O3/c1-13(15-8-9-20(26-3)17(22)12-15)23-14(2)21(25)24-18-10-11-27-19-7-5-4-6-16(18)19/h4-9,12-14,18,23H,10-11H2,1-3H3,(H,24,25). The molecule has 0 spiro atoms. The first-order chi connectivity index (χ1) is 13.0. The Morgan fingerprint density at radius 1 is 1.26 bits per heavy atom. The van der Waals surface area contributed by atoms with Crippen LogP contribution >= 0.6 is 15.9 Å². The Balaban J connectivity index is 1.62. The molecule has 6 heteroatoms. The summed E-state index contributed by atoms with van der Waals surface area (Å²) in [6.45, 7) is 4.54. The largest absolute Gasteiger partial charge is 0.496 e. The molecule has 0 saturated carbocycles. The lowest BCUT2D eigenvalue weighted by Crippen LogP contribution is -2.45. The fourth-order valence-electron chi connectivity index (χ4n) is 3.29. The van der Waals surface area contributed by atoms with E-state index in [4.69, 9.17) is 9.47 Å². The molecule has 3 unspecified atom stereocenters. The highest BCUT2D eigenvalue weighted by Crippen LogP contribution is 2.31. The third kappa shape index (κ3) is 4.62. The van der Waals surface area contributed by atoms with Crippen molar-refractivity contribution in [3.8, 4) is 11.5 Å². The molecule has 0 saturated heterocycles. The summed E-state index contributed by atoms with van der Waals surface area (Å²) in [5.41, 5.74) is 2.12. The van der Waals surface area contributed by atoms with E-state index in [9.17, 15) is 4.79 Å². The van der Waals surface area contributed by atoms with Gasteiger partial charge < -0.3 is 14.8 Å². The summed E-state index contributed by atoms with van der Waals surface area (Å²) in [5, 5.41) is 6.52. The molecule has 0 radical (unpaired) electrons. The maximum absolute atomic E-state index is 12.7. The van der Waals surface area contributed by atoms with Crippen molar-refractivity contribution in [3.05, 3.63) is 58.1 Å². The van der Waals surface area contributed by atoms with Crippen LogP contribution in [0.5, 0.6) is 11.5 Å². The third-order valence-electron chi connectivity index (χ3n) is 4.84. The maximum atomic E-state index is 12.7. The zero-order chi connectivity index (χ0) is 19.4. The van der Waals surface area contributed by atoms with Gasteiger partial charge >= 0.3 is 0 Å². The molecule has 1 amide bonds. The number of benzene rings is 2. The summed E-state index contributed by atoms with van der Waals surface area (Å²) in [6, 6.07) is 13.5. The Morgan fingerprint density at radius 2 is 2.04 bits per heavy atom. The highest BCUT2D eigenvalue weighted by Gasteiger charge is 2.25. The molecule has 2 aromatic rings. The molecular weight excluding hydrogens is 408 g/mol. The molecule has 2 N–H and O–H groups in total. The number of fused-ring (bicyclic) bond motifs is 1. The molecule has 3 atom stereocenters. The highest BCUT2D eigenvalue weighted by atomic mass is 79.9. The van der Waals surface area contributed by atoms with Crippen molar-refractivity contribution in [2.75, 3.05) is 13.7 Å². The summed E-state index contributed by atoms with van der Waals surface area (Å²) in [4.78, 5) is 12.7. The molecule has 0 fully saturated rings. The van der Waals surface area contributed by atoms with Crippen LogP contribution in [0, 0.1) is 0 Å². The normalized spacial score (nSPS) is 18.0. The number of carbonyl (C=O) groups is 1. The number of methoxy groups -OCH3 is 1. The minimum Gasteiger partial charge on any atom is -0.496 e. The Bertz CT molecular complexity index is 812. The predicted molar refractivity (Wildman–Crippen MR) is 109 cm³/mol. The molecule has 1 aliphatic rings. The average Bonchev–Trinajstić information content (AvgIpc) is 2.68.